The summed E-state index contributed by atoms with van der Waals surface area (Å²) in [5.41, 5.74) is 1.99. The summed E-state index contributed by atoms with van der Waals surface area (Å²) in [4.78, 5) is 14.6. The van der Waals surface area contributed by atoms with Crippen LogP contribution in [-0.4, -0.2) is 44.9 Å². The number of benzene rings is 2. The largest absolute Gasteiger partial charge is 0.478 e. The molecule has 2 aromatic carbocycles. The van der Waals surface area contributed by atoms with E-state index in [9.17, 15) is 4.79 Å². The molecule has 0 spiro atoms. The van der Waals surface area contributed by atoms with Crippen molar-refractivity contribution < 1.29 is 14.3 Å². The Morgan fingerprint density at radius 3 is 2.58 bits per heavy atom. The molecule has 0 saturated carbocycles. The first kappa shape index (κ1) is 18.7. The van der Waals surface area contributed by atoms with E-state index in [1.807, 2.05) is 36.1 Å². The van der Waals surface area contributed by atoms with Crippen molar-refractivity contribution in [2.75, 3.05) is 31.7 Å². The first-order valence-corrected chi connectivity index (χ1v) is 9.00. The van der Waals surface area contributed by atoms with Crippen LogP contribution < -0.4 is 15.0 Å². The van der Waals surface area contributed by atoms with Gasteiger partial charge in [-0.05, 0) is 42.8 Å². The molecule has 0 bridgehead atoms. The minimum Gasteiger partial charge on any atom is -0.478 e. The van der Waals surface area contributed by atoms with Crippen LogP contribution in [-0.2, 0) is 9.53 Å². The number of aryl methyl sites for hydroxylation is 1. The first-order valence-electron chi connectivity index (χ1n) is 8.62. The molecule has 0 radical (unpaired) electrons. The number of methoxy groups -OCH3 is 1. The second-order valence-corrected chi connectivity index (χ2v) is 6.69. The Balaban J connectivity index is 1.76. The summed E-state index contributed by atoms with van der Waals surface area (Å²) in [6.07, 6.45) is -0.522. The highest BCUT2D eigenvalue weighted by Crippen LogP contribution is 2.33. The molecule has 1 N–H and O–H groups in total. The van der Waals surface area contributed by atoms with E-state index in [1.54, 1.807) is 31.4 Å². The summed E-state index contributed by atoms with van der Waals surface area (Å²) in [6, 6.07) is 14.9. The molecule has 1 aliphatic heterocycles. The lowest BCUT2D eigenvalue weighted by Gasteiger charge is -2.47. The lowest BCUT2D eigenvalue weighted by molar-refractivity contribution is -0.134. The van der Waals surface area contributed by atoms with E-state index >= 15 is 0 Å². The van der Waals surface area contributed by atoms with Crippen LogP contribution in [0.3, 0.4) is 0 Å². The lowest BCUT2D eigenvalue weighted by Crippen LogP contribution is -2.70. The fraction of sp³-hybridized carbons (Fsp3) is 0.350. The van der Waals surface area contributed by atoms with Crippen molar-refractivity contribution in [2.24, 2.45) is 0 Å². The van der Waals surface area contributed by atoms with Crippen molar-refractivity contribution in [3.63, 3.8) is 0 Å². The Labute approximate surface area is 158 Å². The van der Waals surface area contributed by atoms with E-state index in [0.29, 0.717) is 23.9 Å². The van der Waals surface area contributed by atoms with Gasteiger partial charge < -0.3 is 19.7 Å². The van der Waals surface area contributed by atoms with Gasteiger partial charge in [-0.3, -0.25) is 4.79 Å². The number of anilines is 1. The average Bonchev–Trinajstić information content (AvgIpc) is 2.65. The quantitative estimate of drug-likeness (QED) is 0.570. The number of hydrogen-bond acceptors (Lipinski definition) is 4. The van der Waals surface area contributed by atoms with Crippen molar-refractivity contribution in [2.45, 2.75) is 19.1 Å². The van der Waals surface area contributed by atoms with Crippen LogP contribution in [0.4, 0.5) is 5.69 Å². The van der Waals surface area contributed by atoms with E-state index in [-0.39, 0.29) is 11.9 Å². The molecule has 0 unspecified atom stereocenters. The van der Waals surface area contributed by atoms with Crippen molar-refractivity contribution in [1.29, 1.82) is 0 Å². The van der Waals surface area contributed by atoms with Crippen LogP contribution in [0.25, 0.3) is 0 Å². The molecular weight excluding hydrogens is 352 g/mol. The molecule has 26 heavy (non-hydrogen) atoms. The van der Waals surface area contributed by atoms with Gasteiger partial charge in [-0.25, -0.2) is 0 Å². The number of carbonyl (C=O) groups is 1. The summed E-state index contributed by atoms with van der Waals surface area (Å²) in [7, 11) is 1.67. The van der Waals surface area contributed by atoms with Crippen LogP contribution >= 0.6 is 11.6 Å². The van der Waals surface area contributed by atoms with E-state index < -0.39 is 6.10 Å². The second kappa shape index (κ2) is 8.54. The number of para-hydroxylation sites is 1. The van der Waals surface area contributed by atoms with Crippen molar-refractivity contribution in [3.05, 3.63) is 59.1 Å². The molecule has 1 fully saturated rings. The maximum Gasteiger partial charge on any atom is 0.270 e. The van der Waals surface area contributed by atoms with Crippen molar-refractivity contribution in [3.8, 4) is 5.75 Å². The predicted molar refractivity (Wildman–Crippen MR) is 103 cm³/mol. The third kappa shape index (κ3) is 4.01. The van der Waals surface area contributed by atoms with Crippen molar-refractivity contribution >= 4 is 23.2 Å². The van der Waals surface area contributed by atoms with Crippen LogP contribution in [0.1, 0.15) is 5.56 Å². The molecule has 0 aromatic heterocycles. The maximum absolute atomic E-state index is 12.8. The van der Waals surface area contributed by atoms with Gasteiger partial charge in [0, 0.05) is 30.9 Å². The number of rotatable bonds is 8. The average molecular weight is 375 g/mol. The molecule has 1 amide bonds. The monoisotopic (exact) mass is 374 g/mol. The van der Waals surface area contributed by atoms with E-state index in [2.05, 4.69) is 5.32 Å². The Hall–Kier alpha value is -2.08. The highest BCUT2D eigenvalue weighted by atomic mass is 35.5. The van der Waals surface area contributed by atoms with Crippen molar-refractivity contribution in [1.82, 2.24) is 5.32 Å². The number of nitrogens with one attached hydrogen (secondary N) is 1. The zero-order valence-electron chi connectivity index (χ0n) is 14.9. The molecule has 138 valence electrons. The third-order valence-corrected chi connectivity index (χ3v) is 4.70. The Morgan fingerprint density at radius 2 is 1.88 bits per heavy atom. The van der Waals surface area contributed by atoms with E-state index in [4.69, 9.17) is 21.1 Å². The number of amides is 1. The van der Waals surface area contributed by atoms with Crippen LogP contribution in [0, 0.1) is 6.92 Å². The minimum atomic E-state index is -0.522. The standard InChI is InChI=1S/C20H23ClN2O3/c1-14-5-3-4-6-17(14)23-18(13-22-11-12-25-2)19(20(23)24)26-16-9-7-15(21)8-10-16/h3-10,18-19,22H,11-13H2,1-2H3/t18-,19-/m1/s1. The summed E-state index contributed by atoms with van der Waals surface area (Å²) < 4.78 is 11.0. The minimum absolute atomic E-state index is 0.0345. The Kier molecular flexibility index (Phi) is 6.14. The van der Waals surface area contributed by atoms with Gasteiger partial charge in [0.1, 0.15) is 5.75 Å². The molecule has 1 heterocycles. The van der Waals surface area contributed by atoms with Gasteiger partial charge in [0.05, 0.1) is 12.6 Å². The summed E-state index contributed by atoms with van der Waals surface area (Å²) >= 11 is 5.92. The summed E-state index contributed by atoms with van der Waals surface area (Å²) in [5, 5.41) is 3.97. The maximum atomic E-state index is 12.8. The van der Waals surface area contributed by atoms with Gasteiger partial charge in [-0.1, -0.05) is 29.8 Å². The molecule has 0 aliphatic carbocycles. The number of hydrogen-bond donors (Lipinski definition) is 1. The molecule has 2 atom stereocenters. The van der Waals surface area contributed by atoms with E-state index in [0.717, 1.165) is 17.8 Å². The van der Waals surface area contributed by atoms with Gasteiger partial charge in [0.2, 0.25) is 0 Å². The van der Waals surface area contributed by atoms with Crippen LogP contribution in [0.5, 0.6) is 5.75 Å². The van der Waals surface area contributed by atoms with Gasteiger partial charge >= 0.3 is 0 Å². The molecule has 1 aliphatic rings. The van der Waals surface area contributed by atoms with Crippen LogP contribution in [0.2, 0.25) is 5.02 Å². The summed E-state index contributed by atoms with van der Waals surface area (Å²) in [5.74, 6) is 0.604. The topological polar surface area (TPSA) is 50.8 Å². The number of β-lactam (4-membered cyclic amide) rings is 1. The van der Waals surface area contributed by atoms with Crippen LogP contribution in [0.15, 0.2) is 48.5 Å². The first-order chi connectivity index (χ1) is 12.6. The highest BCUT2D eigenvalue weighted by molar-refractivity contribution is 6.30. The van der Waals surface area contributed by atoms with Gasteiger partial charge in [-0.2, -0.15) is 0 Å². The smallest absolute Gasteiger partial charge is 0.270 e. The lowest BCUT2D eigenvalue weighted by atomic mass is 9.95. The molecule has 1 saturated heterocycles. The zero-order chi connectivity index (χ0) is 18.5. The molecular formula is C20H23ClN2O3. The molecule has 6 heteroatoms. The second-order valence-electron chi connectivity index (χ2n) is 6.25. The number of ether oxygens (including phenoxy) is 2. The Bertz CT molecular complexity index is 751. The number of halogens is 1. The fourth-order valence-corrected chi connectivity index (χ4v) is 3.19. The fourth-order valence-electron chi connectivity index (χ4n) is 3.06. The van der Waals surface area contributed by atoms with Gasteiger partial charge in [-0.15, -0.1) is 0 Å². The van der Waals surface area contributed by atoms with E-state index in [1.165, 1.54) is 0 Å². The normalized spacial score (nSPS) is 19.3. The zero-order valence-corrected chi connectivity index (χ0v) is 15.7. The summed E-state index contributed by atoms with van der Waals surface area (Å²) in [6.45, 7) is 3.97. The number of nitrogens with zero attached hydrogens (tertiary/aromatic N) is 1. The molecule has 5 nitrogen and oxygen atoms in total. The van der Waals surface area contributed by atoms with Gasteiger partial charge in [0.25, 0.3) is 5.91 Å². The predicted octanol–water partition coefficient (Wildman–Crippen LogP) is 3.05. The Morgan fingerprint density at radius 1 is 1.15 bits per heavy atom. The number of carbonyl (C=O) groups excluding carboxylic acids is 1. The SMILES string of the molecule is COCCNC[C@@H]1[C@@H](Oc2ccc(Cl)cc2)C(=O)N1c1ccccc1C. The van der Waals surface area contributed by atoms with Gasteiger partial charge in [0.15, 0.2) is 6.10 Å². The molecule has 3 rings (SSSR count). The highest BCUT2D eigenvalue weighted by Gasteiger charge is 2.50. The molecule has 2 aromatic rings. The third-order valence-electron chi connectivity index (χ3n) is 4.45.